The van der Waals surface area contributed by atoms with Gasteiger partial charge in [0.1, 0.15) is 0 Å². The maximum absolute atomic E-state index is 11.7. The summed E-state index contributed by atoms with van der Waals surface area (Å²) in [7, 11) is 0. The van der Waals surface area contributed by atoms with E-state index in [0.717, 1.165) is 0 Å². The maximum atomic E-state index is 11.7. The van der Waals surface area contributed by atoms with Crippen molar-refractivity contribution in [3.8, 4) is 0 Å². The zero-order chi connectivity index (χ0) is 11.3. The average molecular weight is 238 g/mol. The summed E-state index contributed by atoms with van der Waals surface area (Å²) >= 11 is 0. The van der Waals surface area contributed by atoms with E-state index in [9.17, 15) is 9.59 Å². The number of nitrogens with two attached hydrogens (primary N) is 2. The van der Waals surface area contributed by atoms with Crippen molar-refractivity contribution in [3.63, 3.8) is 0 Å². The van der Waals surface area contributed by atoms with E-state index >= 15 is 0 Å². The number of nitrogens with zero attached hydrogens (tertiary/aromatic N) is 1. The molecule has 0 aliphatic heterocycles. The predicted octanol–water partition coefficient (Wildman–Crippen LogP) is -0.275. The third-order valence-corrected chi connectivity index (χ3v) is 2.01. The van der Waals surface area contributed by atoms with Crippen LogP contribution in [0.5, 0.6) is 0 Å². The Morgan fingerprint density at radius 2 is 1.73 bits per heavy atom. The van der Waals surface area contributed by atoms with Crippen molar-refractivity contribution in [2.75, 3.05) is 13.1 Å². The first kappa shape index (κ1) is 16.6. The Morgan fingerprint density at radius 1 is 1.27 bits per heavy atom. The standard InChI is InChI=1S/C9H19N3O2.ClH/c1-6(2)12(5-8(11)13)9(14)7(3)4-10;/h6-7H,4-5,10H2,1-3H3,(H2,11,13);1H. The van der Waals surface area contributed by atoms with Crippen molar-refractivity contribution >= 4 is 24.2 Å². The van der Waals surface area contributed by atoms with Crippen molar-refractivity contribution in [2.24, 2.45) is 17.4 Å². The summed E-state index contributed by atoms with van der Waals surface area (Å²) in [5, 5.41) is 0. The van der Waals surface area contributed by atoms with Gasteiger partial charge in [0, 0.05) is 18.5 Å². The smallest absolute Gasteiger partial charge is 0.237 e. The van der Waals surface area contributed by atoms with Gasteiger partial charge in [-0.2, -0.15) is 0 Å². The molecule has 0 rings (SSSR count). The Hall–Kier alpha value is -0.810. The summed E-state index contributed by atoms with van der Waals surface area (Å²) in [6.45, 7) is 5.65. The molecular formula is C9H20ClN3O2. The van der Waals surface area contributed by atoms with Crippen LogP contribution in [0.4, 0.5) is 0 Å². The lowest BCUT2D eigenvalue weighted by molar-refractivity contribution is -0.139. The Labute approximate surface area is 96.6 Å². The first-order valence-electron chi connectivity index (χ1n) is 4.69. The number of amides is 2. The number of primary amides is 1. The van der Waals surface area contributed by atoms with Gasteiger partial charge in [-0.25, -0.2) is 0 Å². The van der Waals surface area contributed by atoms with Gasteiger partial charge in [0.05, 0.1) is 6.54 Å². The molecule has 0 saturated carbocycles. The van der Waals surface area contributed by atoms with Gasteiger partial charge < -0.3 is 16.4 Å². The third-order valence-electron chi connectivity index (χ3n) is 2.01. The zero-order valence-electron chi connectivity index (χ0n) is 9.40. The van der Waals surface area contributed by atoms with E-state index in [1.165, 1.54) is 4.90 Å². The first-order valence-corrected chi connectivity index (χ1v) is 4.69. The molecule has 0 spiro atoms. The fourth-order valence-electron chi connectivity index (χ4n) is 1.07. The highest BCUT2D eigenvalue weighted by atomic mass is 35.5. The van der Waals surface area contributed by atoms with E-state index < -0.39 is 5.91 Å². The number of halogens is 1. The molecule has 0 saturated heterocycles. The van der Waals surface area contributed by atoms with Gasteiger partial charge in [-0.1, -0.05) is 6.92 Å². The SMILES string of the molecule is CC(CN)C(=O)N(CC(N)=O)C(C)C.Cl. The third kappa shape index (κ3) is 5.59. The largest absolute Gasteiger partial charge is 0.368 e. The molecule has 0 fully saturated rings. The summed E-state index contributed by atoms with van der Waals surface area (Å²) in [6.07, 6.45) is 0. The van der Waals surface area contributed by atoms with E-state index in [4.69, 9.17) is 11.5 Å². The Kier molecular flexibility index (Phi) is 8.28. The van der Waals surface area contributed by atoms with E-state index in [1.54, 1.807) is 6.92 Å². The highest BCUT2D eigenvalue weighted by Gasteiger charge is 2.22. The van der Waals surface area contributed by atoms with Crippen molar-refractivity contribution in [1.82, 2.24) is 4.90 Å². The Bertz CT molecular complexity index is 221. The Morgan fingerprint density at radius 3 is 2.00 bits per heavy atom. The van der Waals surface area contributed by atoms with Crippen LogP contribution in [-0.4, -0.2) is 35.8 Å². The molecule has 0 heterocycles. The number of carbonyl (C=O) groups excluding carboxylic acids is 2. The molecule has 0 radical (unpaired) electrons. The second-order valence-electron chi connectivity index (χ2n) is 3.66. The summed E-state index contributed by atoms with van der Waals surface area (Å²) < 4.78 is 0. The molecule has 5 nitrogen and oxygen atoms in total. The minimum absolute atomic E-state index is 0. The highest BCUT2D eigenvalue weighted by molar-refractivity contribution is 5.85. The summed E-state index contributed by atoms with van der Waals surface area (Å²) in [4.78, 5) is 23.9. The molecule has 2 amide bonds. The van der Waals surface area contributed by atoms with Gasteiger partial charge in [-0.15, -0.1) is 12.4 Å². The van der Waals surface area contributed by atoms with Crippen LogP contribution in [0, 0.1) is 5.92 Å². The van der Waals surface area contributed by atoms with E-state index in [-0.39, 0.29) is 43.4 Å². The minimum Gasteiger partial charge on any atom is -0.368 e. The molecule has 0 aromatic carbocycles. The number of carbonyl (C=O) groups is 2. The number of hydrogen-bond donors (Lipinski definition) is 2. The lowest BCUT2D eigenvalue weighted by Crippen LogP contribution is -2.46. The molecule has 0 bridgehead atoms. The van der Waals surface area contributed by atoms with Crippen LogP contribution in [0.25, 0.3) is 0 Å². The second kappa shape index (κ2) is 7.48. The van der Waals surface area contributed by atoms with Gasteiger partial charge in [-0.3, -0.25) is 9.59 Å². The fourth-order valence-corrected chi connectivity index (χ4v) is 1.07. The normalized spacial score (nSPS) is 11.8. The van der Waals surface area contributed by atoms with E-state index in [2.05, 4.69) is 0 Å². The van der Waals surface area contributed by atoms with Crippen LogP contribution in [0.2, 0.25) is 0 Å². The molecular weight excluding hydrogens is 218 g/mol. The molecule has 1 atom stereocenters. The van der Waals surface area contributed by atoms with Crippen LogP contribution in [0.1, 0.15) is 20.8 Å². The highest BCUT2D eigenvalue weighted by Crippen LogP contribution is 2.05. The summed E-state index contributed by atoms with van der Waals surface area (Å²) in [5.41, 5.74) is 10.4. The van der Waals surface area contributed by atoms with Crippen molar-refractivity contribution in [3.05, 3.63) is 0 Å². The molecule has 0 aromatic rings. The average Bonchev–Trinajstić information content (AvgIpc) is 2.11. The lowest BCUT2D eigenvalue weighted by atomic mass is 10.1. The maximum Gasteiger partial charge on any atom is 0.237 e. The van der Waals surface area contributed by atoms with Crippen molar-refractivity contribution in [2.45, 2.75) is 26.8 Å². The zero-order valence-corrected chi connectivity index (χ0v) is 10.2. The van der Waals surface area contributed by atoms with Gasteiger partial charge in [-0.05, 0) is 13.8 Å². The molecule has 0 aliphatic rings. The lowest BCUT2D eigenvalue weighted by Gasteiger charge is -2.27. The predicted molar refractivity (Wildman–Crippen MR) is 61.5 cm³/mol. The topological polar surface area (TPSA) is 89.4 Å². The first-order chi connectivity index (χ1) is 6.40. The fraction of sp³-hybridized carbons (Fsp3) is 0.778. The van der Waals surface area contributed by atoms with Crippen LogP contribution >= 0.6 is 12.4 Å². The number of rotatable bonds is 5. The molecule has 0 aliphatic carbocycles. The van der Waals surface area contributed by atoms with Crippen LogP contribution in [0.3, 0.4) is 0 Å². The van der Waals surface area contributed by atoms with Crippen LogP contribution in [0.15, 0.2) is 0 Å². The molecule has 0 aromatic heterocycles. The summed E-state index contributed by atoms with van der Waals surface area (Å²) in [5.74, 6) is -0.894. The van der Waals surface area contributed by atoms with Crippen molar-refractivity contribution in [1.29, 1.82) is 0 Å². The molecule has 90 valence electrons. The minimum atomic E-state index is -0.503. The van der Waals surface area contributed by atoms with E-state index in [1.807, 2.05) is 13.8 Å². The quantitative estimate of drug-likeness (QED) is 0.690. The van der Waals surface area contributed by atoms with Gasteiger partial charge in [0.15, 0.2) is 0 Å². The summed E-state index contributed by atoms with van der Waals surface area (Å²) in [6, 6.07) is -0.0380. The molecule has 15 heavy (non-hydrogen) atoms. The van der Waals surface area contributed by atoms with Gasteiger partial charge in [0.2, 0.25) is 11.8 Å². The van der Waals surface area contributed by atoms with Crippen LogP contribution in [-0.2, 0) is 9.59 Å². The van der Waals surface area contributed by atoms with Gasteiger partial charge >= 0.3 is 0 Å². The van der Waals surface area contributed by atoms with Crippen molar-refractivity contribution < 1.29 is 9.59 Å². The monoisotopic (exact) mass is 237 g/mol. The molecule has 6 heteroatoms. The molecule has 4 N–H and O–H groups in total. The van der Waals surface area contributed by atoms with E-state index in [0.29, 0.717) is 0 Å². The van der Waals surface area contributed by atoms with Crippen LogP contribution < -0.4 is 11.5 Å². The second-order valence-corrected chi connectivity index (χ2v) is 3.66. The van der Waals surface area contributed by atoms with Gasteiger partial charge in [0.25, 0.3) is 0 Å². The Balaban J connectivity index is 0. The number of hydrogen-bond acceptors (Lipinski definition) is 3. The molecule has 1 unspecified atom stereocenters.